The third-order valence-corrected chi connectivity index (χ3v) is 9.57. The van der Waals surface area contributed by atoms with Gasteiger partial charge in [-0.05, 0) is 62.8 Å². The van der Waals surface area contributed by atoms with Gasteiger partial charge in [-0.25, -0.2) is 18.4 Å². The monoisotopic (exact) mass is 511 g/mol. The largest absolute Gasteiger partial charge is 0.492 e. The minimum Gasteiger partial charge on any atom is -0.492 e. The Hall–Kier alpha value is -2.98. The van der Waals surface area contributed by atoms with Crippen molar-refractivity contribution in [3.05, 3.63) is 52.9 Å². The highest BCUT2D eigenvalue weighted by atomic mass is 32.2. The quantitative estimate of drug-likeness (QED) is 0.471. The second-order valence-electron chi connectivity index (χ2n) is 9.72. The molecule has 5 rings (SSSR count). The highest BCUT2D eigenvalue weighted by Crippen LogP contribution is 2.32. The van der Waals surface area contributed by atoms with Gasteiger partial charge in [0.05, 0.1) is 16.3 Å². The van der Waals surface area contributed by atoms with E-state index in [0.29, 0.717) is 66.5 Å². The van der Waals surface area contributed by atoms with Crippen LogP contribution in [-0.2, 0) is 9.84 Å². The molecule has 0 atom stereocenters. The zero-order chi connectivity index (χ0) is 25.1. The van der Waals surface area contributed by atoms with Crippen LogP contribution in [-0.4, -0.2) is 47.4 Å². The summed E-state index contributed by atoms with van der Waals surface area (Å²) in [5.74, 6) is 1.14. The first-order chi connectivity index (χ1) is 17.5. The molecule has 9 nitrogen and oxygen atoms in total. The summed E-state index contributed by atoms with van der Waals surface area (Å²) < 4.78 is 33.8. The average Bonchev–Trinajstić information content (AvgIpc) is 3.42. The van der Waals surface area contributed by atoms with Gasteiger partial charge < -0.3 is 15.8 Å². The summed E-state index contributed by atoms with van der Waals surface area (Å²) in [4.78, 5) is 22.3. The first-order valence-electron chi connectivity index (χ1n) is 12.8. The van der Waals surface area contributed by atoms with Crippen LogP contribution >= 0.6 is 0 Å². The molecule has 0 aliphatic heterocycles. The Morgan fingerprint density at radius 3 is 2.58 bits per heavy atom. The third kappa shape index (κ3) is 5.10. The molecule has 2 fully saturated rings. The van der Waals surface area contributed by atoms with E-state index in [0.717, 1.165) is 25.7 Å². The molecule has 0 saturated heterocycles. The van der Waals surface area contributed by atoms with E-state index in [1.54, 1.807) is 47.2 Å². The van der Waals surface area contributed by atoms with E-state index in [-0.39, 0.29) is 17.6 Å². The molecule has 2 aliphatic carbocycles. The SMILES string of the molecule is NCCOc1cccc(S(=O)(=O)C2CCC(Nc3cnc4ccc(=O)n(C5CCCC5)c4n3)CC2)c1. The van der Waals surface area contributed by atoms with Crippen molar-refractivity contribution in [3.8, 4) is 5.75 Å². The molecule has 0 unspecified atom stereocenters. The Kier molecular flexibility index (Phi) is 7.25. The number of rotatable bonds is 8. The number of sulfone groups is 1. The highest BCUT2D eigenvalue weighted by molar-refractivity contribution is 7.92. The fourth-order valence-corrected chi connectivity index (χ4v) is 7.27. The summed E-state index contributed by atoms with van der Waals surface area (Å²) in [5.41, 5.74) is 6.77. The minimum absolute atomic E-state index is 0.0379. The van der Waals surface area contributed by atoms with Crippen molar-refractivity contribution in [3.63, 3.8) is 0 Å². The van der Waals surface area contributed by atoms with Gasteiger partial charge >= 0.3 is 0 Å². The van der Waals surface area contributed by atoms with Gasteiger partial charge in [-0.2, -0.15) is 0 Å². The summed E-state index contributed by atoms with van der Waals surface area (Å²) in [7, 11) is -3.46. The number of fused-ring (bicyclic) bond motifs is 1. The van der Waals surface area contributed by atoms with Crippen molar-refractivity contribution in [1.82, 2.24) is 14.5 Å². The molecule has 3 N–H and O–H groups in total. The summed E-state index contributed by atoms with van der Waals surface area (Å²) in [6.07, 6.45) is 8.43. The van der Waals surface area contributed by atoms with Crippen LogP contribution in [0.5, 0.6) is 5.75 Å². The molecule has 192 valence electrons. The molecule has 36 heavy (non-hydrogen) atoms. The van der Waals surface area contributed by atoms with Gasteiger partial charge in [0.25, 0.3) is 5.56 Å². The van der Waals surface area contributed by atoms with Gasteiger partial charge in [0.1, 0.15) is 23.7 Å². The molecule has 10 heteroatoms. The predicted octanol–water partition coefficient (Wildman–Crippen LogP) is 3.44. The van der Waals surface area contributed by atoms with Crippen LogP contribution in [0.15, 0.2) is 52.3 Å². The fourth-order valence-electron chi connectivity index (χ4n) is 5.44. The Morgan fingerprint density at radius 2 is 1.83 bits per heavy atom. The topological polar surface area (TPSA) is 129 Å². The number of nitrogens with two attached hydrogens (primary N) is 1. The van der Waals surface area contributed by atoms with E-state index < -0.39 is 15.1 Å². The van der Waals surface area contributed by atoms with E-state index >= 15 is 0 Å². The number of nitrogens with one attached hydrogen (secondary N) is 1. The number of hydrogen-bond acceptors (Lipinski definition) is 8. The van der Waals surface area contributed by atoms with Gasteiger partial charge in [0.2, 0.25) is 0 Å². The van der Waals surface area contributed by atoms with Gasteiger partial charge in [-0.15, -0.1) is 0 Å². The molecule has 2 aliphatic rings. The second kappa shape index (κ2) is 10.6. The van der Waals surface area contributed by atoms with Crippen molar-refractivity contribution in [2.75, 3.05) is 18.5 Å². The van der Waals surface area contributed by atoms with Crippen LogP contribution in [0.25, 0.3) is 11.2 Å². The number of hydrogen-bond donors (Lipinski definition) is 2. The van der Waals surface area contributed by atoms with Gasteiger partial charge in [-0.1, -0.05) is 18.9 Å². The van der Waals surface area contributed by atoms with E-state index in [1.807, 2.05) is 0 Å². The number of nitrogens with zero attached hydrogens (tertiary/aromatic N) is 3. The van der Waals surface area contributed by atoms with Crippen LogP contribution in [0.1, 0.15) is 57.4 Å². The van der Waals surface area contributed by atoms with Crippen LogP contribution in [0, 0.1) is 0 Å². The van der Waals surface area contributed by atoms with E-state index in [2.05, 4.69) is 10.3 Å². The van der Waals surface area contributed by atoms with E-state index in [4.69, 9.17) is 15.5 Å². The van der Waals surface area contributed by atoms with Crippen LogP contribution in [0.2, 0.25) is 0 Å². The zero-order valence-corrected chi connectivity index (χ0v) is 21.1. The highest BCUT2D eigenvalue weighted by Gasteiger charge is 2.32. The third-order valence-electron chi connectivity index (χ3n) is 7.31. The summed E-state index contributed by atoms with van der Waals surface area (Å²) in [6.45, 7) is 0.711. The normalized spacial score (nSPS) is 21.0. The van der Waals surface area contributed by atoms with Crippen molar-refractivity contribution >= 4 is 26.8 Å². The maximum Gasteiger partial charge on any atom is 0.252 e. The van der Waals surface area contributed by atoms with Gasteiger partial charge in [0.15, 0.2) is 15.5 Å². The maximum absolute atomic E-state index is 13.3. The van der Waals surface area contributed by atoms with Crippen molar-refractivity contribution < 1.29 is 13.2 Å². The molecule has 2 aromatic heterocycles. The number of ether oxygens (including phenoxy) is 1. The Balaban J connectivity index is 1.27. The lowest BCUT2D eigenvalue weighted by Crippen LogP contribution is -2.33. The molecule has 0 amide bonds. The lowest BCUT2D eigenvalue weighted by atomic mass is 9.95. The smallest absolute Gasteiger partial charge is 0.252 e. The van der Waals surface area contributed by atoms with Crippen molar-refractivity contribution in [2.24, 2.45) is 5.73 Å². The molecule has 1 aromatic carbocycles. The average molecular weight is 512 g/mol. The Labute approximate surface area is 211 Å². The molecular weight excluding hydrogens is 478 g/mol. The molecule has 2 heterocycles. The number of anilines is 1. The first kappa shape index (κ1) is 24.7. The van der Waals surface area contributed by atoms with Crippen molar-refractivity contribution in [1.29, 1.82) is 0 Å². The molecule has 0 bridgehead atoms. The number of pyridine rings is 1. The summed E-state index contributed by atoms with van der Waals surface area (Å²) in [5, 5.41) is 3.00. The van der Waals surface area contributed by atoms with Crippen LogP contribution in [0.3, 0.4) is 0 Å². The summed E-state index contributed by atoms with van der Waals surface area (Å²) in [6, 6.07) is 10.2. The molecule has 0 radical (unpaired) electrons. The lowest BCUT2D eigenvalue weighted by molar-refractivity contribution is 0.327. The standard InChI is InChI=1S/C26H33N5O4S/c27-14-15-35-20-6-3-7-22(16-20)36(33,34)21-10-8-18(9-11-21)29-24-17-28-23-12-13-25(32)31(26(23)30-24)19-4-1-2-5-19/h3,6-7,12-13,16-19,21H,1-2,4-5,8-11,14-15,27H2,(H,29,30). The van der Waals surface area contributed by atoms with Gasteiger partial charge in [-0.3, -0.25) is 9.36 Å². The zero-order valence-electron chi connectivity index (χ0n) is 20.3. The van der Waals surface area contributed by atoms with Gasteiger partial charge in [0, 0.05) is 24.7 Å². The van der Waals surface area contributed by atoms with Crippen molar-refractivity contribution in [2.45, 2.75) is 73.6 Å². The number of aromatic nitrogens is 3. The lowest BCUT2D eigenvalue weighted by Gasteiger charge is -2.29. The number of benzene rings is 1. The predicted molar refractivity (Wildman–Crippen MR) is 139 cm³/mol. The first-order valence-corrected chi connectivity index (χ1v) is 14.3. The maximum atomic E-state index is 13.3. The summed E-state index contributed by atoms with van der Waals surface area (Å²) >= 11 is 0. The second-order valence-corrected chi connectivity index (χ2v) is 11.9. The molecule has 2 saturated carbocycles. The van der Waals surface area contributed by atoms with E-state index in [1.165, 1.54) is 0 Å². The van der Waals surface area contributed by atoms with Crippen LogP contribution < -0.4 is 21.3 Å². The Bertz CT molecular complexity index is 1380. The minimum atomic E-state index is -3.46. The molecule has 0 spiro atoms. The van der Waals surface area contributed by atoms with Crippen LogP contribution in [0.4, 0.5) is 5.82 Å². The Morgan fingerprint density at radius 1 is 1.06 bits per heavy atom. The molecular formula is C26H33N5O4S. The fraction of sp³-hybridized carbons (Fsp3) is 0.500. The van der Waals surface area contributed by atoms with E-state index in [9.17, 15) is 13.2 Å². The molecule has 3 aromatic rings.